The van der Waals surface area contributed by atoms with Gasteiger partial charge in [0.2, 0.25) is 5.91 Å². The normalized spacial score (nSPS) is 23.7. The van der Waals surface area contributed by atoms with Gasteiger partial charge in [0.05, 0.1) is 11.2 Å². The Morgan fingerprint density at radius 1 is 1.44 bits per heavy atom. The average molecular weight is 311 g/mol. The zero-order valence-corrected chi connectivity index (χ0v) is 12.4. The van der Waals surface area contributed by atoms with Crippen LogP contribution in [0.3, 0.4) is 0 Å². The van der Waals surface area contributed by atoms with Crippen molar-refractivity contribution in [2.45, 2.75) is 38.6 Å². The third-order valence-corrected chi connectivity index (χ3v) is 4.15. The van der Waals surface area contributed by atoms with E-state index in [-0.39, 0.29) is 5.91 Å². The van der Waals surface area contributed by atoms with Crippen LogP contribution in [0.1, 0.15) is 31.7 Å². The smallest absolute Gasteiger partial charge is 0.244 e. The largest absolute Gasteiger partial charge is 0.323 e. The molecule has 1 aromatic carbocycles. The number of hydrogen-bond acceptors (Lipinski definition) is 2. The van der Waals surface area contributed by atoms with E-state index in [1.807, 2.05) is 32.0 Å². The summed E-state index contributed by atoms with van der Waals surface area (Å²) in [6.45, 7) is 4.92. The first-order chi connectivity index (χ1) is 8.51. The predicted octanol–water partition coefficient (Wildman–Crippen LogP) is 3.23. The van der Waals surface area contributed by atoms with E-state index in [9.17, 15) is 4.79 Å². The highest BCUT2D eigenvalue weighted by molar-refractivity contribution is 9.10. The number of rotatable bonds is 2. The van der Waals surface area contributed by atoms with Crippen LogP contribution in [0.15, 0.2) is 22.7 Å². The van der Waals surface area contributed by atoms with Gasteiger partial charge in [-0.25, -0.2) is 0 Å². The molecule has 1 fully saturated rings. The second-order valence-electron chi connectivity index (χ2n) is 5.15. The van der Waals surface area contributed by atoms with Crippen molar-refractivity contribution in [3.8, 4) is 0 Å². The minimum atomic E-state index is -0.442. The SMILES string of the molecule is Cc1ccc(NC(=O)C2(C)CCCCN2)c(Br)c1. The summed E-state index contributed by atoms with van der Waals surface area (Å²) < 4.78 is 0.926. The van der Waals surface area contributed by atoms with Gasteiger partial charge in [-0.2, -0.15) is 0 Å². The minimum absolute atomic E-state index is 0.0479. The van der Waals surface area contributed by atoms with Crippen molar-refractivity contribution >= 4 is 27.5 Å². The summed E-state index contributed by atoms with van der Waals surface area (Å²) in [7, 11) is 0. The standard InChI is InChI=1S/C14H19BrN2O/c1-10-5-6-12(11(15)9-10)17-13(18)14(2)7-3-4-8-16-14/h5-6,9,16H,3-4,7-8H2,1-2H3,(H,17,18). The fourth-order valence-corrected chi connectivity index (χ4v) is 2.82. The molecule has 1 aromatic rings. The Morgan fingerprint density at radius 2 is 2.22 bits per heavy atom. The maximum atomic E-state index is 12.3. The summed E-state index contributed by atoms with van der Waals surface area (Å²) in [5, 5.41) is 6.32. The Bertz CT molecular complexity index is 453. The molecule has 1 aliphatic rings. The van der Waals surface area contributed by atoms with Crippen LogP contribution in [-0.2, 0) is 4.79 Å². The van der Waals surface area contributed by atoms with E-state index in [1.54, 1.807) is 0 Å². The third kappa shape index (κ3) is 2.93. The summed E-state index contributed by atoms with van der Waals surface area (Å²) >= 11 is 3.48. The van der Waals surface area contributed by atoms with Crippen LogP contribution >= 0.6 is 15.9 Å². The van der Waals surface area contributed by atoms with Gasteiger partial charge in [-0.3, -0.25) is 4.79 Å². The van der Waals surface area contributed by atoms with Gasteiger partial charge < -0.3 is 10.6 Å². The zero-order valence-electron chi connectivity index (χ0n) is 10.8. The van der Waals surface area contributed by atoms with Crippen molar-refractivity contribution in [3.63, 3.8) is 0 Å². The first-order valence-corrected chi connectivity index (χ1v) is 7.13. The highest BCUT2D eigenvalue weighted by Gasteiger charge is 2.34. The molecule has 1 saturated heterocycles. The van der Waals surface area contributed by atoms with E-state index < -0.39 is 5.54 Å². The summed E-state index contributed by atoms with van der Waals surface area (Å²) in [5.74, 6) is 0.0479. The van der Waals surface area contributed by atoms with Crippen LogP contribution in [0, 0.1) is 6.92 Å². The Labute approximate surface area is 116 Å². The Morgan fingerprint density at radius 3 is 2.83 bits per heavy atom. The maximum absolute atomic E-state index is 12.3. The molecule has 4 heteroatoms. The second kappa shape index (κ2) is 5.41. The van der Waals surface area contributed by atoms with E-state index in [2.05, 4.69) is 26.6 Å². The van der Waals surface area contributed by atoms with Gasteiger partial charge in [-0.15, -0.1) is 0 Å². The monoisotopic (exact) mass is 310 g/mol. The maximum Gasteiger partial charge on any atom is 0.244 e. The second-order valence-corrected chi connectivity index (χ2v) is 6.01. The molecular weight excluding hydrogens is 292 g/mol. The number of benzene rings is 1. The molecule has 0 saturated carbocycles. The van der Waals surface area contributed by atoms with Crippen molar-refractivity contribution in [3.05, 3.63) is 28.2 Å². The lowest BCUT2D eigenvalue weighted by Gasteiger charge is -2.33. The predicted molar refractivity (Wildman–Crippen MR) is 77.8 cm³/mol. The molecule has 0 spiro atoms. The van der Waals surface area contributed by atoms with Crippen molar-refractivity contribution in [1.29, 1.82) is 0 Å². The van der Waals surface area contributed by atoms with Gasteiger partial charge in [0.1, 0.15) is 0 Å². The molecule has 2 N–H and O–H groups in total. The third-order valence-electron chi connectivity index (χ3n) is 3.49. The highest BCUT2D eigenvalue weighted by atomic mass is 79.9. The van der Waals surface area contributed by atoms with E-state index in [0.29, 0.717) is 0 Å². The van der Waals surface area contributed by atoms with Crippen LogP contribution in [0.4, 0.5) is 5.69 Å². The van der Waals surface area contributed by atoms with E-state index in [1.165, 1.54) is 5.56 Å². The van der Waals surface area contributed by atoms with Gasteiger partial charge in [0, 0.05) is 4.47 Å². The van der Waals surface area contributed by atoms with Crippen LogP contribution in [0.2, 0.25) is 0 Å². The number of halogens is 1. The number of anilines is 1. The molecule has 1 aliphatic heterocycles. The van der Waals surface area contributed by atoms with Crippen molar-refractivity contribution < 1.29 is 4.79 Å². The summed E-state index contributed by atoms with van der Waals surface area (Å²) in [6.07, 6.45) is 3.14. The number of aryl methyl sites for hydroxylation is 1. The van der Waals surface area contributed by atoms with Gasteiger partial charge in [-0.05, 0) is 73.3 Å². The van der Waals surface area contributed by atoms with E-state index in [4.69, 9.17) is 0 Å². The summed E-state index contributed by atoms with van der Waals surface area (Å²) in [4.78, 5) is 12.3. The molecule has 98 valence electrons. The first kappa shape index (κ1) is 13.6. The van der Waals surface area contributed by atoms with Crippen molar-refractivity contribution in [2.24, 2.45) is 0 Å². The molecule has 1 amide bonds. The van der Waals surface area contributed by atoms with Gasteiger partial charge in [0.15, 0.2) is 0 Å². The first-order valence-electron chi connectivity index (χ1n) is 6.34. The number of nitrogens with one attached hydrogen (secondary N) is 2. The molecule has 0 aliphatic carbocycles. The van der Waals surface area contributed by atoms with Gasteiger partial charge >= 0.3 is 0 Å². The Hall–Kier alpha value is -0.870. The lowest BCUT2D eigenvalue weighted by atomic mass is 9.90. The van der Waals surface area contributed by atoms with Crippen molar-refractivity contribution in [2.75, 3.05) is 11.9 Å². The molecule has 0 radical (unpaired) electrons. The van der Waals surface area contributed by atoms with Crippen LogP contribution < -0.4 is 10.6 Å². The van der Waals surface area contributed by atoms with E-state index in [0.717, 1.165) is 36.0 Å². The Balaban J connectivity index is 2.11. The average Bonchev–Trinajstić information content (AvgIpc) is 2.33. The molecule has 2 rings (SSSR count). The van der Waals surface area contributed by atoms with Gasteiger partial charge in [-0.1, -0.05) is 6.07 Å². The highest BCUT2D eigenvalue weighted by Crippen LogP contribution is 2.26. The number of piperidine rings is 1. The molecule has 0 bridgehead atoms. The van der Waals surface area contributed by atoms with Crippen LogP contribution in [0.5, 0.6) is 0 Å². The quantitative estimate of drug-likeness (QED) is 0.880. The topological polar surface area (TPSA) is 41.1 Å². The number of carbonyl (C=O) groups is 1. The zero-order chi connectivity index (χ0) is 13.2. The molecule has 1 atom stereocenters. The molecule has 1 heterocycles. The number of hydrogen-bond donors (Lipinski definition) is 2. The molecular formula is C14H19BrN2O. The fraction of sp³-hybridized carbons (Fsp3) is 0.500. The molecule has 1 unspecified atom stereocenters. The molecule has 0 aromatic heterocycles. The summed E-state index contributed by atoms with van der Waals surface area (Å²) in [5.41, 5.74) is 1.56. The summed E-state index contributed by atoms with van der Waals surface area (Å²) in [6, 6.07) is 5.94. The Kier molecular flexibility index (Phi) is 4.07. The van der Waals surface area contributed by atoms with Crippen LogP contribution in [0.25, 0.3) is 0 Å². The van der Waals surface area contributed by atoms with Crippen LogP contribution in [-0.4, -0.2) is 18.0 Å². The van der Waals surface area contributed by atoms with Crippen molar-refractivity contribution in [1.82, 2.24) is 5.32 Å². The minimum Gasteiger partial charge on any atom is -0.323 e. The van der Waals surface area contributed by atoms with Gasteiger partial charge in [0.25, 0.3) is 0 Å². The lowest BCUT2D eigenvalue weighted by Crippen LogP contribution is -2.54. The fourth-order valence-electron chi connectivity index (χ4n) is 2.23. The van der Waals surface area contributed by atoms with E-state index >= 15 is 0 Å². The molecule has 18 heavy (non-hydrogen) atoms. The lowest BCUT2D eigenvalue weighted by molar-refractivity contribution is -0.122. The number of amides is 1. The molecule has 3 nitrogen and oxygen atoms in total. The number of carbonyl (C=O) groups excluding carboxylic acids is 1.